The summed E-state index contributed by atoms with van der Waals surface area (Å²) in [6.07, 6.45) is 1.24. The third-order valence-electron chi connectivity index (χ3n) is 2.69. The number of aldehydes is 1. The summed E-state index contributed by atoms with van der Waals surface area (Å²) in [5, 5.41) is 0. The van der Waals surface area contributed by atoms with Crippen LogP contribution in [-0.2, 0) is 20.7 Å². The van der Waals surface area contributed by atoms with Crippen LogP contribution in [0.4, 0.5) is 0 Å². The van der Waals surface area contributed by atoms with Gasteiger partial charge in [-0.15, -0.1) is 0 Å². The Morgan fingerprint density at radius 3 is 2.58 bits per heavy atom. The quantitative estimate of drug-likeness (QED) is 0.585. The summed E-state index contributed by atoms with van der Waals surface area (Å²) in [5.41, 5.74) is 0.776. The molecule has 0 saturated heterocycles. The van der Waals surface area contributed by atoms with E-state index in [9.17, 15) is 9.59 Å². The van der Waals surface area contributed by atoms with E-state index in [1.807, 2.05) is 19.1 Å². The van der Waals surface area contributed by atoms with Crippen molar-refractivity contribution in [3.05, 3.63) is 29.3 Å². The lowest BCUT2D eigenvalue weighted by Crippen LogP contribution is -2.39. The molecule has 0 amide bonds. The van der Waals surface area contributed by atoms with E-state index in [2.05, 4.69) is 0 Å². The van der Waals surface area contributed by atoms with E-state index in [-0.39, 0.29) is 0 Å². The summed E-state index contributed by atoms with van der Waals surface area (Å²) in [6, 6.07) is 5.47. The highest BCUT2D eigenvalue weighted by molar-refractivity contribution is 5.79. The lowest BCUT2D eigenvalue weighted by Gasteiger charge is -2.25. The zero-order valence-electron chi connectivity index (χ0n) is 11.9. The molecule has 19 heavy (non-hydrogen) atoms. The largest absolute Gasteiger partial charge is 0.476 e. The molecule has 4 nitrogen and oxygen atoms in total. The first kappa shape index (κ1) is 15.2. The molecular formula is C15H20O4. The molecule has 0 aliphatic carbocycles. The van der Waals surface area contributed by atoms with E-state index < -0.39 is 11.6 Å². The number of rotatable bonds is 6. The number of benzene rings is 1. The zero-order valence-corrected chi connectivity index (χ0v) is 11.9. The summed E-state index contributed by atoms with van der Waals surface area (Å²) in [7, 11) is 0. The number of hydrogen-bond donors (Lipinski definition) is 0. The van der Waals surface area contributed by atoms with Crippen LogP contribution in [0.25, 0.3) is 0 Å². The lowest BCUT2D eigenvalue weighted by atomic mass is 10.1. The molecule has 0 spiro atoms. The lowest BCUT2D eigenvalue weighted by molar-refractivity contribution is -0.158. The van der Waals surface area contributed by atoms with E-state index in [4.69, 9.17) is 9.47 Å². The van der Waals surface area contributed by atoms with Gasteiger partial charge in [0.05, 0.1) is 6.61 Å². The Balaban J connectivity index is 2.87. The van der Waals surface area contributed by atoms with Gasteiger partial charge < -0.3 is 14.3 Å². The molecule has 4 heteroatoms. The van der Waals surface area contributed by atoms with Gasteiger partial charge >= 0.3 is 5.97 Å². The molecular weight excluding hydrogens is 244 g/mol. The molecule has 0 atom stereocenters. The fourth-order valence-electron chi connectivity index (χ4n) is 1.67. The molecule has 0 aromatic heterocycles. The molecule has 1 rings (SSSR count). The van der Waals surface area contributed by atoms with Crippen LogP contribution < -0.4 is 4.74 Å². The molecule has 1 aromatic carbocycles. The van der Waals surface area contributed by atoms with Gasteiger partial charge in [0.2, 0.25) is 0 Å². The van der Waals surface area contributed by atoms with Crippen LogP contribution in [-0.4, -0.2) is 24.5 Å². The molecule has 0 radical (unpaired) electrons. The smallest absolute Gasteiger partial charge is 0.349 e. The summed E-state index contributed by atoms with van der Waals surface area (Å²) >= 11 is 0. The Morgan fingerprint density at radius 1 is 1.37 bits per heavy atom. The standard InChI is InChI=1S/C15H20O4/c1-5-18-14(17)15(3,4)19-13-7-6-12(8-9-16)10-11(13)2/h6-7,9-10H,5,8H2,1-4H3. The first-order valence-corrected chi connectivity index (χ1v) is 6.30. The van der Waals surface area contributed by atoms with Crippen molar-refractivity contribution in [2.24, 2.45) is 0 Å². The topological polar surface area (TPSA) is 52.6 Å². The average molecular weight is 264 g/mol. The maximum Gasteiger partial charge on any atom is 0.349 e. The minimum Gasteiger partial charge on any atom is -0.476 e. The van der Waals surface area contributed by atoms with Crippen molar-refractivity contribution < 1.29 is 19.1 Å². The van der Waals surface area contributed by atoms with Gasteiger partial charge in [0.1, 0.15) is 12.0 Å². The van der Waals surface area contributed by atoms with Gasteiger partial charge in [0.15, 0.2) is 5.60 Å². The number of carbonyl (C=O) groups is 2. The highest BCUT2D eigenvalue weighted by atomic mass is 16.6. The Morgan fingerprint density at radius 2 is 2.05 bits per heavy atom. The van der Waals surface area contributed by atoms with E-state index in [1.54, 1.807) is 26.8 Å². The Kier molecular flexibility index (Phi) is 5.10. The van der Waals surface area contributed by atoms with Gasteiger partial charge in [-0.3, -0.25) is 0 Å². The van der Waals surface area contributed by atoms with E-state index in [0.29, 0.717) is 18.8 Å². The van der Waals surface area contributed by atoms with E-state index in [0.717, 1.165) is 17.4 Å². The third kappa shape index (κ3) is 4.09. The number of aryl methyl sites for hydroxylation is 1. The SMILES string of the molecule is CCOC(=O)C(C)(C)Oc1ccc(CC=O)cc1C. The summed E-state index contributed by atoms with van der Waals surface area (Å²) in [6.45, 7) is 7.30. The first-order valence-electron chi connectivity index (χ1n) is 6.30. The van der Waals surface area contributed by atoms with Crippen molar-refractivity contribution in [2.75, 3.05) is 6.61 Å². The van der Waals surface area contributed by atoms with Crippen LogP contribution in [0.3, 0.4) is 0 Å². The zero-order chi connectivity index (χ0) is 14.5. The van der Waals surface area contributed by atoms with Gasteiger partial charge in [0, 0.05) is 6.42 Å². The Hall–Kier alpha value is -1.84. The fraction of sp³-hybridized carbons (Fsp3) is 0.467. The Bertz CT molecular complexity index is 463. The monoisotopic (exact) mass is 264 g/mol. The Labute approximate surface area is 113 Å². The highest BCUT2D eigenvalue weighted by Gasteiger charge is 2.31. The number of ether oxygens (including phenoxy) is 2. The van der Waals surface area contributed by atoms with Gasteiger partial charge in [-0.05, 0) is 44.9 Å². The van der Waals surface area contributed by atoms with Crippen LogP contribution in [0, 0.1) is 6.92 Å². The average Bonchev–Trinajstić information content (AvgIpc) is 2.33. The van der Waals surface area contributed by atoms with Crippen LogP contribution in [0.5, 0.6) is 5.75 Å². The minimum atomic E-state index is -1.03. The van der Waals surface area contributed by atoms with Crippen molar-refractivity contribution >= 4 is 12.3 Å². The van der Waals surface area contributed by atoms with Crippen LogP contribution in [0.15, 0.2) is 18.2 Å². The van der Waals surface area contributed by atoms with Crippen molar-refractivity contribution in [1.82, 2.24) is 0 Å². The number of hydrogen-bond acceptors (Lipinski definition) is 4. The molecule has 1 aromatic rings. The van der Waals surface area contributed by atoms with Crippen molar-refractivity contribution in [2.45, 2.75) is 39.7 Å². The summed E-state index contributed by atoms with van der Waals surface area (Å²) < 4.78 is 10.7. The second-order valence-corrected chi connectivity index (χ2v) is 4.80. The minimum absolute atomic E-state index is 0.322. The summed E-state index contributed by atoms with van der Waals surface area (Å²) in [4.78, 5) is 22.2. The summed E-state index contributed by atoms with van der Waals surface area (Å²) in [5.74, 6) is 0.221. The highest BCUT2D eigenvalue weighted by Crippen LogP contribution is 2.24. The maximum atomic E-state index is 11.8. The second kappa shape index (κ2) is 6.36. The fourth-order valence-corrected chi connectivity index (χ4v) is 1.67. The first-order chi connectivity index (χ1) is 8.90. The predicted molar refractivity (Wildman–Crippen MR) is 72.3 cm³/mol. The van der Waals surface area contributed by atoms with Gasteiger partial charge in [-0.1, -0.05) is 12.1 Å². The molecule has 0 aliphatic rings. The molecule has 104 valence electrons. The molecule has 0 unspecified atom stereocenters. The van der Waals surface area contributed by atoms with Gasteiger partial charge in [-0.25, -0.2) is 4.79 Å². The molecule has 0 bridgehead atoms. The number of carbonyl (C=O) groups excluding carboxylic acids is 2. The normalized spacial score (nSPS) is 10.9. The van der Waals surface area contributed by atoms with Crippen molar-refractivity contribution in [3.8, 4) is 5.75 Å². The van der Waals surface area contributed by atoms with E-state index in [1.165, 1.54) is 0 Å². The molecule has 0 N–H and O–H groups in total. The van der Waals surface area contributed by atoms with Crippen molar-refractivity contribution in [1.29, 1.82) is 0 Å². The van der Waals surface area contributed by atoms with Crippen LogP contribution in [0.1, 0.15) is 31.9 Å². The molecule has 0 fully saturated rings. The molecule has 0 saturated carbocycles. The van der Waals surface area contributed by atoms with Gasteiger partial charge in [0.25, 0.3) is 0 Å². The van der Waals surface area contributed by atoms with Crippen LogP contribution in [0.2, 0.25) is 0 Å². The van der Waals surface area contributed by atoms with E-state index >= 15 is 0 Å². The second-order valence-electron chi connectivity index (χ2n) is 4.80. The van der Waals surface area contributed by atoms with Crippen molar-refractivity contribution in [3.63, 3.8) is 0 Å². The maximum absolute atomic E-state index is 11.8. The third-order valence-corrected chi connectivity index (χ3v) is 2.69. The number of esters is 1. The molecule has 0 aliphatic heterocycles. The van der Waals surface area contributed by atoms with Crippen LogP contribution >= 0.6 is 0 Å². The predicted octanol–water partition coefficient (Wildman–Crippen LogP) is 2.46. The van der Waals surface area contributed by atoms with Gasteiger partial charge in [-0.2, -0.15) is 0 Å². The molecule has 0 heterocycles.